The Morgan fingerprint density at radius 1 is 0.893 bits per heavy atom. The highest BCUT2D eigenvalue weighted by molar-refractivity contribution is 8.00. The van der Waals surface area contributed by atoms with E-state index < -0.39 is 0 Å². The molecule has 3 heterocycles. The fraction of sp³-hybridized carbons (Fsp3) is 0.571. The van der Waals surface area contributed by atoms with Crippen LogP contribution in [0.3, 0.4) is 0 Å². The van der Waals surface area contributed by atoms with E-state index in [0.717, 1.165) is 63.2 Å². The topological polar surface area (TPSA) is 60.9 Å². The van der Waals surface area contributed by atoms with Crippen molar-refractivity contribution >= 4 is 35.2 Å². The van der Waals surface area contributed by atoms with Crippen molar-refractivity contribution in [2.75, 3.05) is 43.4 Å². The van der Waals surface area contributed by atoms with Crippen LogP contribution in [-0.2, 0) is 9.59 Å². The second kappa shape index (κ2) is 8.55. The van der Waals surface area contributed by atoms with Crippen LogP contribution >= 0.6 is 11.8 Å². The van der Waals surface area contributed by atoms with Gasteiger partial charge in [0.2, 0.25) is 11.8 Å². The predicted molar refractivity (Wildman–Crippen MR) is 110 cm³/mol. The average Bonchev–Trinajstić information content (AvgIpc) is 2.76. The molecular weight excluding hydrogens is 374 g/mol. The summed E-state index contributed by atoms with van der Waals surface area (Å²) in [5.74, 6) is 0.289. The van der Waals surface area contributed by atoms with Gasteiger partial charge in [-0.3, -0.25) is 14.4 Å². The van der Waals surface area contributed by atoms with E-state index in [1.807, 2.05) is 21.9 Å². The minimum atomic E-state index is -0.0644. The van der Waals surface area contributed by atoms with Crippen molar-refractivity contribution in [3.63, 3.8) is 0 Å². The monoisotopic (exact) mass is 401 g/mol. The fourth-order valence-corrected chi connectivity index (χ4v) is 5.08. The van der Waals surface area contributed by atoms with Crippen LogP contribution in [0.5, 0.6) is 0 Å². The second-order valence-electron chi connectivity index (χ2n) is 7.75. The van der Waals surface area contributed by atoms with Crippen molar-refractivity contribution in [2.24, 2.45) is 0 Å². The lowest BCUT2D eigenvalue weighted by molar-refractivity contribution is -0.132. The smallest absolute Gasteiger partial charge is 0.253 e. The van der Waals surface area contributed by atoms with E-state index in [1.54, 1.807) is 11.0 Å². The Hall–Kier alpha value is -2.02. The minimum Gasteiger partial charge on any atom is -0.341 e. The summed E-state index contributed by atoms with van der Waals surface area (Å²) in [5.41, 5.74) is 1.31. The van der Waals surface area contributed by atoms with Crippen molar-refractivity contribution in [3.8, 4) is 0 Å². The molecule has 0 saturated carbocycles. The molecule has 1 aromatic rings. The van der Waals surface area contributed by atoms with Crippen LogP contribution in [0.25, 0.3) is 0 Å². The normalized spacial score (nSPS) is 20.1. The summed E-state index contributed by atoms with van der Waals surface area (Å²) in [6.07, 6.45) is 6.48. The average molecular weight is 402 g/mol. The van der Waals surface area contributed by atoms with E-state index in [-0.39, 0.29) is 24.3 Å². The van der Waals surface area contributed by atoms with Crippen molar-refractivity contribution in [2.45, 2.75) is 43.4 Å². The van der Waals surface area contributed by atoms with Gasteiger partial charge in [0.25, 0.3) is 5.91 Å². The molecule has 6 nitrogen and oxygen atoms in total. The molecule has 3 aliphatic heterocycles. The molecule has 0 aliphatic carbocycles. The Labute approximate surface area is 170 Å². The Kier molecular flexibility index (Phi) is 5.90. The highest BCUT2D eigenvalue weighted by Gasteiger charge is 2.30. The largest absolute Gasteiger partial charge is 0.341 e. The van der Waals surface area contributed by atoms with E-state index in [0.29, 0.717) is 17.0 Å². The number of benzene rings is 1. The quantitative estimate of drug-likeness (QED) is 0.781. The maximum absolute atomic E-state index is 12.9. The number of carbonyl (C=O) groups is 3. The maximum Gasteiger partial charge on any atom is 0.253 e. The third-order valence-corrected chi connectivity index (χ3v) is 6.84. The molecule has 4 rings (SSSR count). The lowest BCUT2D eigenvalue weighted by atomic mass is 10.1. The second-order valence-corrected chi connectivity index (χ2v) is 8.76. The SMILES string of the molecule is O=C(CN1C(=O)CSc2ccc(C(=O)N3CCCCC3)cc21)N1CCCCC1. The zero-order valence-corrected chi connectivity index (χ0v) is 17.0. The van der Waals surface area contributed by atoms with E-state index >= 15 is 0 Å². The molecule has 0 bridgehead atoms. The van der Waals surface area contributed by atoms with Crippen LogP contribution < -0.4 is 4.90 Å². The Bertz CT molecular complexity index is 770. The van der Waals surface area contributed by atoms with E-state index in [4.69, 9.17) is 0 Å². The van der Waals surface area contributed by atoms with Crippen LogP contribution in [0, 0.1) is 0 Å². The molecule has 1 aromatic carbocycles. The third kappa shape index (κ3) is 4.04. The summed E-state index contributed by atoms with van der Waals surface area (Å²) in [4.78, 5) is 44.5. The number of anilines is 1. The lowest BCUT2D eigenvalue weighted by Crippen LogP contribution is -2.46. The molecular formula is C21H27N3O3S. The standard InChI is InChI=1S/C21H27N3O3S/c25-19(22-9-3-1-4-10-22)14-24-17-13-16(7-8-18(17)28-15-20(24)26)21(27)23-11-5-2-6-12-23/h7-8,13H,1-6,9-12,14-15H2. The highest BCUT2D eigenvalue weighted by atomic mass is 32.2. The predicted octanol–water partition coefficient (Wildman–Crippen LogP) is 2.76. The first-order valence-electron chi connectivity index (χ1n) is 10.3. The zero-order valence-electron chi connectivity index (χ0n) is 16.2. The number of rotatable bonds is 3. The molecule has 0 unspecified atom stereocenters. The van der Waals surface area contributed by atoms with Gasteiger partial charge in [0.1, 0.15) is 6.54 Å². The number of carbonyl (C=O) groups excluding carboxylic acids is 3. The van der Waals surface area contributed by atoms with Crippen LogP contribution in [0.4, 0.5) is 5.69 Å². The number of piperidine rings is 2. The molecule has 28 heavy (non-hydrogen) atoms. The lowest BCUT2D eigenvalue weighted by Gasteiger charge is -2.33. The molecule has 2 saturated heterocycles. The van der Waals surface area contributed by atoms with Crippen molar-refractivity contribution in [3.05, 3.63) is 23.8 Å². The van der Waals surface area contributed by atoms with Gasteiger partial charge < -0.3 is 14.7 Å². The molecule has 0 aromatic heterocycles. The van der Waals surface area contributed by atoms with Gasteiger partial charge in [-0.05, 0) is 56.7 Å². The minimum absolute atomic E-state index is 0.00124. The molecule has 0 N–H and O–H groups in total. The molecule has 3 amide bonds. The molecule has 0 spiro atoms. The van der Waals surface area contributed by atoms with Crippen LogP contribution in [-0.4, -0.2) is 66.0 Å². The molecule has 2 fully saturated rings. The van der Waals surface area contributed by atoms with E-state index in [1.165, 1.54) is 18.2 Å². The van der Waals surface area contributed by atoms with E-state index in [9.17, 15) is 14.4 Å². The third-order valence-electron chi connectivity index (χ3n) is 5.79. The summed E-state index contributed by atoms with van der Waals surface area (Å²) in [6, 6.07) is 5.57. The number of likely N-dealkylation sites (tertiary alicyclic amines) is 2. The molecule has 150 valence electrons. The van der Waals surface area contributed by atoms with Gasteiger partial charge in [0, 0.05) is 36.6 Å². The molecule has 0 atom stereocenters. The van der Waals surface area contributed by atoms with Crippen molar-refractivity contribution in [1.82, 2.24) is 9.80 Å². The van der Waals surface area contributed by atoms with Gasteiger partial charge >= 0.3 is 0 Å². The molecule has 0 radical (unpaired) electrons. The van der Waals surface area contributed by atoms with Crippen LogP contribution in [0.1, 0.15) is 48.9 Å². The Morgan fingerprint density at radius 3 is 2.21 bits per heavy atom. The number of hydrogen-bond acceptors (Lipinski definition) is 4. The molecule has 3 aliphatic rings. The van der Waals surface area contributed by atoms with E-state index in [2.05, 4.69) is 0 Å². The van der Waals surface area contributed by atoms with Gasteiger partial charge in [-0.15, -0.1) is 11.8 Å². The summed E-state index contributed by atoms with van der Waals surface area (Å²) in [5, 5.41) is 0. The van der Waals surface area contributed by atoms with Crippen molar-refractivity contribution in [1.29, 1.82) is 0 Å². The summed E-state index contributed by atoms with van der Waals surface area (Å²) in [7, 11) is 0. The van der Waals surface area contributed by atoms with Gasteiger partial charge in [0.05, 0.1) is 11.4 Å². The fourth-order valence-electron chi connectivity index (χ4n) is 4.17. The van der Waals surface area contributed by atoms with Gasteiger partial charge in [-0.1, -0.05) is 0 Å². The van der Waals surface area contributed by atoms with Gasteiger partial charge in [-0.2, -0.15) is 0 Å². The van der Waals surface area contributed by atoms with Gasteiger partial charge in [0.15, 0.2) is 0 Å². The first-order chi connectivity index (χ1) is 13.6. The first-order valence-corrected chi connectivity index (χ1v) is 11.3. The van der Waals surface area contributed by atoms with Crippen LogP contribution in [0.2, 0.25) is 0 Å². The maximum atomic E-state index is 12.9. The summed E-state index contributed by atoms with van der Waals surface area (Å²) in [6.45, 7) is 3.20. The Balaban J connectivity index is 1.55. The highest BCUT2D eigenvalue weighted by Crippen LogP contribution is 2.36. The molecule has 7 heteroatoms. The number of fused-ring (bicyclic) bond motifs is 1. The number of thioether (sulfide) groups is 1. The van der Waals surface area contributed by atoms with Gasteiger partial charge in [-0.25, -0.2) is 0 Å². The number of hydrogen-bond donors (Lipinski definition) is 0. The van der Waals surface area contributed by atoms with Crippen molar-refractivity contribution < 1.29 is 14.4 Å². The summed E-state index contributed by atoms with van der Waals surface area (Å²) >= 11 is 1.48. The van der Waals surface area contributed by atoms with Crippen LogP contribution in [0.15, 0.2) is 23.1 Å². The Morgan fingerprint density at radius 2 is 1.54 bits per heavy atom. The summed E-state index contributed by atoms with van der Waals surface area (Å²) < 4.78 is 0. The number of nitrogens with zero attached hydrogens (tertiary/aromatic N) is 3. The zero-order chi connectivity index (χ0) is 19.5. The number of amides is 3. The first kappa shape index (κ1) is 19.3.